The van der Waals surface area contributed by atoms with Crippen molar-refractivity contribution < 1.29 is 28.6 Å². The number of hydrogen-bond donors (Lipinski definition) is 0. The highest BCUT2D eigenvalue weighted by atomic mass is 16.6. The van der Waals surface area contributed by atoms with E-state index in [1.54, 1.807) is 0 Å². The van der Waals surface area contributed by atoms with E-state index in [0.29, 0.717) is 19.3 Å². The van der Waals surface area contributed by atoms with Crippen LogP contribution in [-0.4, -0.2) is 37.2 Å². The third kappa shape index (κ3) is 68.7. The van der Waals surface area contributed by atoms with Gasteiger partial charge in [-0.1, -0.05) is 310 Å². The molecule has 476 valence electrons. The van der Waals surface area contributed by atoms with Gasteiger partial charge in [0.2, 0.25) is 0 Å². The summed E-state index contributed by atoms with van der Waals surface area (Å²) in [6.45, 7) is 6.51. The van der Waals surface area contributed by atoms with E-state index in [9.17, 15) is 14.4 Å². The summed E-state index contributed by atoms with van der Waals surface area (Å²) in [7, 11) is 0. The Labute approximate surface area is 514 Å². The van der Waals surface area contributed by atoms with Crippen LogP contribution in [0, 0.1) is 0 Å². The summed E-state index contributed by atoms with van der Waals surface area (Å²) >= 11 is 0. The lowest BCUT2D eigenvalue weighted by molar-refractivity contribution is -0.167. The summed E-state index contributed by atoms with van der Waals surface area (Å²) < 4.78 is 16.9. The molecular formula is C77H132O6. The van der Waals surface area contributed by atoms with E-state index in [2.05, 4.69) is 130 Å². The molecule has 0 bridgehead atoms. The molecule has 0 aliphatic rings. The van der Waals surface area contributed by atoms with Gasteiger partial charge in [0, 0.05) is 19.3 Å². The zero-order chi connectivity index (χ0) is 59.9. The zero-order valence-corrected chi connectivity index (χ0v) is 54.7. The Balaban J connectivity index is 4.24. The largest absolute Gasteiger partial charge is 0.462 e. The van der Waals surface area contributed by atoms with E-state index in [1.807, 2.05) is 0 Å². The molecule has 0 saturated heterocycles. The average molecular weight is 1150 g/mol. The van der Waals surface area contributed by atoms with E-state index < -0.39 is 6.10 Å². The molecule has 0 aromatic carbocycles. The molecule has 0 aliphatic heterocycles. The Bertz CT molecular complexity index is 1660. The standard InChI is InChI=1S/C77H132O6/c1-4-7-10-13-16-19-22-24-26-28-30-32-34-35-36-37-38-39-40-41-43-44-46-48-50-52-55-58-61-64-67-70-76(79)82-73-74(72-81-75(78)69-66-63-60-57-54-21-18-15-12-9-6-3)83-77(80)71-68-65-62-59-56-53-51-49-47-45-42-33-31-29-27-25-23-20-17-14-11-8-5-2/h7,10,15-16,18-19,24,26,29-32,35-36,38-39,41,43,74H,4-6,8-9,11-14,17,20-23,25,27-28,33-34,37,40,42,44-73H2,1-3H3/b10-7-,18-15-,19-16-,26-24-,31-29-,32-30-,36-35-,39-38-,43-41-. The van der Waals surface area contributed by atoms with Gasteiger partial charge in [0.25, 0.3) is 0 Å². The van der Waals surface area contributed by atoms with Crippen LogP contribution in [0.4, 0.5) is 0 Å². The first-order valence-corrected chi connectivity index (χ1v) is 35.4. The van der Waals surface area contributed by atoms with E-state index in [-0.39, 0.29) is 31.1 Å². The first-order chi connectivity index (χ1) is 41.0. The highest BCUT2D eigenvalue weighted by molar-refractivity contribution is 5.71. The molecule has 0 aromatic heterocycles. The van der Waals surface area contributed by atoms with Crippen LogP contribution in [0.3, 0.4) is 0 Å². The van der Waals surface area contributed by atoms with Crippen molar-refractivity contribution in [3.63, 3.8) is 0 Å². The maximum absolute atomic E-state index is 12.9. The Morgan fingerprint density at radius 2 is 0.482 bits per heavy atom. The number of rotatable bonds is 64. The number of unbranched alkanes of at least 4 members (excludes halogenated alkanes) is 35. The molecule has 0 fully saturated rings. The highest BCUT2D eigenvalue weighted by Gasteiger charge is 2.19. The molecule has 0 saturated carbocycles. The fourth-order valence-corrected chi connectivity index (χ4v) is 9.93. The lowest BCUT2D eigenvalue weighted by Gasteiger charge is -2.18. The van der Waals surface area contributed by atoms with Crippen molar-refractivity contribution in [3.05, 3.63) is 109 Å². The van der Waals surface area contributed by atoms with Gasteiger partial charge in [-0.2, -0.15) is 0 Å². The van der Waals surface area contributed by atoms with Gasteiger partial charge in [-0.3, -0.25) is 14.4 Å². The highest BCUT2D eigenvalue weighted by Crippen LogP contribution is 2.17. The summed E-state index contributed by atoms with van der Waals surface area (Å²) in [4.78, 5) is 38.4. The van der Waals surface area contributed by atoms with Crippen molar-refractivity contribution in [2.45, 2.75) is 348 Å². The third-order valence-corrected chi connectivity index (χ3v) is 15.2. The van der Waals surface area contributed by atoms with Crippen LogP contribution < -0.4 is 0 Å². The molecule has 0 aromatic rings. The summed E-state index contributed by atoms with van der Waals surface area (Å²) in [5, 5.41) is 0. The summed E-state index contributed by atoms with van der Waals surface area (Å²) in [5.41, 5.74) is 0. The number of ether oxygens (including phenoxy) is 3. The lowest BCUT2D eigenvalue weighted by atomic mass is 10.0. The fraction of sp³-hybridized carbons (Fsp3) is 0.727. The van der Waals surface area contributed by atoms with Gasteiger partial charge in [0.1, 0.15) is 13.2 Å². The Morgan fingerprint density at radius 1 is 0.253 bits per heavy atom. The van der Waals surface area contributed by atoms with Gasteiger partial charge >= 0.3 is 17.9 Å². The van der Waals surface area contributed by atoms with Crippen LogP contribution in [0.5, 0.6) is 0 Å². The van der Waals surface area contributed by atoms with Crippen molar-refractivity contribution in [2.24, 2.45) is 0 Å². The van der Waals surface area contributed by atoms with Crippen molar-refractivity contribution in [2.75, 3.05) is 13.2 Å². The lowest BCUT2D eigenvalue weighted by Crippen LogP contribution is -2.30. The SMILES string of the molecule is CC/C=C\C/C=C\C/C=C\C/C=C\C/C=C\C/C=C\C/C=C\CCCCCCCCCCCC(=O)OCC(COC(=O)CCCCCCC/C=C\CCCC)OC(=O)CCCCCCCCCCCCC/C=C\CCCCCCCCCC. The molecular weight excluding hydrogens is 1020 g/mol. The first kappa shape index (κ1) is 79.1. The second-order valence-corrected chi connectivity index (χ2v) is 23.4. The predicted molar refractivity (Wildman–Crippen MR) is 362 cm³/mol. The van der Waals surface area contributed by atoms with Gasteiger partial charge in [-0.15, -0.1) is 0 Å². The van der Waals surface area contributed by atoms with Crippen LogP contribution in [0.25, 0.3) is 0 Å². The Kier molecular flexibility index (Phi) is 67.2. The van der Waals surface area contributed by atoms with Crippen LogP contribution >= 0.6 is 0 Å². The third-order valence-electron chi connectivity index (χ3n) is 15.2. The van der Waals surface area contributed by atoms with Gasteiger partial charge in [-0.05, 0) is 122 Å². The quantitative estimate of drug-likeness (QED) is 0.0261. The molecule has 0 aliphatic carbocycles. The van der Waals surface area contributed by atoms with Crippen LogP contribution in [-0.2, 0) is 28.6 Å². The van der Waals surface area contributed by atoms with E-state index in [4.69, 9.17) is 14.2 Å². The number of carbonyl (C=O) groups excluding carboxylic acids is 3. The number of esters is 3. The van der Waals surface area contributed by atoms with Gasteiger partial charge in [0.15, 0.2) is 6.10 Å². The molecule has 1 unspecified atom stereocenters. The minimum atomic E-state index is -0.786. The molecule has 0 rings (SSSR count). The topological polar surface area (TPSA) is 78.9 Å². The van der Waals surface area contributed by atoms with E-state index in [0.717, 1.165) is 116 Å². The maximum Gasteiger partial charge on any atom is 0.306 e. The smallest absolute Gasteiger partial charge is 0.306 e. The Hall–Kier alpha value is -3.93. The summed E-state index contributed by atoms with van der Waals surface area (Å²) in [6, 6.07) is 0. The van der Waals surface area contributed by atoms with Crippen molar-refractivity contribution in [1.82, 2.24) is 0 Å². The second-order valence-electron chi connectivity index (χ2n) is 23.4. The molecule has 0 heterocycles. The second kappa shape index (κ2) is 70.6. The molecule has 1 atom stereocenters. The first-order valence-electron chi connectivity index (χ1n) is 35.4. The number of hydrogen-bond acceptors (Lipinski definition) is 6. The van der Waals surface area contributed by atoms with Crippen molar-refractivity contribution in [1.29, 1.82) is 0 Å². The normalized spacial score (nSPS) is 12.8. The summed E-state index contributed by atoms with van der Waals surface area (Å²) in [6.07, 6.45) is 96.9. The minimum absolute atomic E-state index is 0.0829. The van der Waals surface area contributed by atoms with E-state index >= 15 is 0 Å². The molecule has 83 heavy (non-hydrogen) atoms. The van der Waals surface area contributed by atoms with Crippen LogP contribution in [0.2, 0.25) is 0 Å². The molecule has 6 nitrogen and oxygen atoms in total. The maximum atomic E-state index is 12.9. The average Bonchev–Trinajstić information content (AvgIpc) is 3.48. The molecule has 0 radical (unpaired) electrons. The van der Waals surface area contributed by atoms with Crippen molar-refractivity contribution in [3.8, 4) is 0 Å². The Morgan fingerprint density at radius 3 is 0.783 bits per heavy atom. The van der Waals surface area contributed by atoms with Gasteiger partial charge in [-0.25, -0.2) is 0 Å². The minimum Gasteiger partial charge on any atom is -0.462 e. The van der Waals surface area contributed by atoms with Crippen molar-refractivity contribution >= 4 is 17.9 Å². The monoisotopic (exact) mass is 1150 g/mol. The van der Waals surface area contributed by atoms with Gasteiger partial charge < -0.3 is 14.2 Å². The van der Waals surface area contributed by atoms with Crippen LogP contribution in [0.1, 0.15) is 342 Å². The molecule has 0 N–H and O–H groups in total. The van der Waals surface area contributed by atoms with Gasteiger partial charge in [0.05, 0.1) is 0 Å². The van der Waals surface area contributed by atoms with Crippen LogP contribution in [0.15, 0.2) is 109 Å². The fourth-order valence-electron chi connectivity index (χ4n) is 9.93. The van der Waals surface area contributed by atoms with E-state index in [1.165, 1.54) is 186 Å². The number of carbonyl (C=O) groups is 3. The zero-order valence-electron chi connectivity index (χ0n) is 54.7. The molecule has 6 heteroatoms. The predicted octanol–water partition coefficient (Wildman–Crippen LogP) is 24.6. The number of allylic oxidation sites excluding steroid dienone is 18. The molecule has 0 spiro atoms. The summed E-state index contributed by atoms with van der Waals surface area (Å²) in [5.74, 6) is -0.887. The molecule has 0 amide bonds.